The molecule has 2 fully saturated rings. The highest BCUT2D eigenvalue weighted by atomic mass is 14.5. The number of fused-ring (bicyclic) bond motifs is 2. The van der Waals surface area contributed by atoms with Crippen molar-refractivity contribution >= 4 is 0 Å². The minimum absolute atomic E-state index is 0.559. The average Bonchev–Trinajstić information content (AvgIpc) is 2.98. The zero-order chi connectivity index (χ0) is 26.3. The second-order valence-corrected chi connectivity index (χ2v) is 12.4. The molecule has 0 amide bonds. The lowest BCUT2D eigenvalue weighted by molar-refractivity contribution is 0.0307. The Bertz CT molecular complexity index is 1050. The van der Waals surface area contributed by atoms with Crippen LogP contribution in [0.1, 0.15) is 77.0 Å². The molecule has 0 spiro atoms. The Hall–Kier alpha value is -2.32. The fourth-order valence-corrected chi connectivity index (χ4v) is 8.82. The molecule has 0 heterocycles. The fraction of sp³-hybridized carbons (Fsp3) is 0.556. The molecule has 0 aromatic carbocycles. The van der Waals surface area contributed by atoms with Crippen LogP contribution < -0.4 is 11.5 Å². The molecule has 0 radical (unpaired) electrons. The molecule has 0 aromatic heterocycles. The summed E-state index contributed by atoms with van der Waals surface area (Å²) in [6, 6.07) is 0. The standard InChI is InChI=1S/C36H50N2/c1-2-10-29(25-38)26-16-18-28(19-17-26)31-22-23-36(34-15-8-7-14-33(31)34)35-21-20-27(11-4-3-9-24-37)30-12-5-6-13-32(30)35/h2,5-6,9-10,12-13,16,20-21,24,27-28,30-31,33-34,36H,1,3-4,7-8,11,14-15,17-19,22-23,25,37-38H2/b24-9-,29-10+/t27-,28?,30?,31?,33?,34?,36?/m1/s1. The topological polar surface area (TPSA) is 52.0 Å². The summed E-state index contributed by atoms with van der Waals surface area (Å²) in [5, 5.41) is 0. The van der Waals surface area contributed by atoms with Crippen molar-refractivity contribution in [2.45, 2.75) is 77.0 Å². The van der Waals surface area contributed by atoms with Gasteiger partial charge in [0.2, 0.25) is 0 Å². The SMILES string of the molecule is C=C/C=C(\CN)C1=CCC(C2CCC(C3=C4C=CC=CC4[C@H](CCC/C=C\N)C=C3)C3CCCCC23)CC1. The van der Waals surface area contributed by atoms with Crippen molar-refractivity contribution in [1.82, 2.24) is 0 Å². The largest absolute Gasteiger partial charge is 0.405 e. The van der Waals surface area contributed by atoms with Crippen LogP contribution in [0.3, 0.4) is 0 Å². The summed E-state index contributed by atoms with van der Waals surface area (Å²) in [6.07, 6.45) is 40.8. The van der Waals surface area contributed by atoms with Crippen molar-refractivity contribution in [3.05, 3.63) is 95.8 Å². The van der Waals surface area contributed by atoms with E-state index in [4.69, 9.17) is 11.5 Å². The molecule has 7 atom stereocenters. The predicted octanol–water partition coefficient (Wildman–Crippen LogP) is 8.48. The average molecular weight is 511 g/mol. The maximum atomic E-state index is 6.05. The van der Waals surface area contributed by atoms with E-state index in [0.29, 0.717) is 18.4 Å². The van der Waals surface area contributed by atoms with Gasteiger partial charge < -0.3 is 11.5 Å². The van der Waals surface area contributed by atoms with Gasteiger partial charge in [-0.25, -0.2) is 0 Å². The van der Waals surface area contributed by atoms with Gasteiger partial charge in [0, 0.05) is 12.5 Å². The molecule has 0 aliphatic heterocycles. The van der Waals surface area contributed by atoms with Crippen molar-refractivity contribution in [3.63, 3.8) is 0 Å². The number of hydrogen-bond acceptors (Lipinski definition) is 2. The predicted molar refractivity (Wildman–Crippen MR) is 163 cm³/mol. The maximum Gasteiger partial charge on any atom is 0.0180 e. The highest BCUT2D eigenvalue weighted by Crippen LogP contribution is 2.55. The number of nitrogens with two attached hydrogens (primary N) is 2. The number of hydrogen-bond donors (Lipinski definition) is 2. The third-order valence-electron chi connectivity index (χ3n) is 10.6. The first-order chi connectivity index (χ1) is 18.7. The van der Waals surface area contributed by atoms with Crippen LogP contribution in [0.4, 0.5) is 0 Å². The summed E-state index contributed by atoms with van der Waals surface area (Å²) in [7, 11) is 0. The van der Waals surface area contributed by atoms with Crippen LogP contribution >= 0.6 is 0 Å². The lowest BCUT2D eigenvalue weighted by atomic mass is 9.55. The van der Waals surface area contributed by atoms with E-state index in [1.165, 1.54) is 81.8 Å². The van der Waals surface area contributed by atoms with E-state index in [-0.39, 0.29) is 0 Å². The number of allylic oxidation sites excluding steroid dienone is 12. The molecule has 6 unspecified atom stereocenters. The van der Waals surface area contributed by atoms with Gasteiger partial charge >= 0.3 is 0 Å². The van der Waals surface area contributed by atoms with Gasteiger partial charge in [-0.05, 0) is 128 Å². The molecule has 38 heavy (non-hydrogen) atoms. The molecule has 0 bridgehead atoms. The van der Waals surface area contributed by atoms with E-state index in [2.05, 4.69) is 61.3 Å². The zero-order valence-corrected chi connectivity index (χ0v) is 23.4. The lowest BCUT2D eigenvalue weighted by Crippen LogP contribution is -2.41. The van der Waals surface area contributed by atoms with Crippen LogP contribution in [0.25, 0.3) is 0 Å². The van der Waals surface area contributed by atoms with E-state index in [1.54, 1.807) is 17.3 Å². The summed E-state index contributed by atoms with van der Waals surface area (Å²) in [5.41, 5.74) is 17.7. The Balaban J connectivity index is 1.32. The van der Waals surface area contributed by atoms with Crippen molar-refractivity contribution in [2.24, 2.45) is 52.9 Å². The molecule has 4 N–H and O–H groups in total. The van der Waals surface area contributed by atoms with Gasteiger partial charge in [0.15, 0.2) is 0 Å². The Morgan fingerprint density at radius 3 is 2.58 bits per heavy atom. The Morgan fingerprint density at radius 2 is 1.82 bits per heavy atom. The smallest absolute Gasteiger partial charge is 0.0180 e. The van der Waals surface area contributed by atoms with Gasteiger partial charge in [0.1, 0.15) is 0 Å². The molecule has 0 saturated heterocycles. The summed E-state index contributed by atoms with van der Waals surface area (Å²) in [6.45, 7) is 4.51. The van der Waals surface area contributed by atoms with Crippen LogP contribution in [0, 0.1) is 41.4 Å². The first-order valence-electron chi connectivity index (χ1n) is 15.6. The van der Waals surface area contributed by atoms with E-state index in [9.17, 15) is 0 Å². The molecular formula is C36H50N2. The monoisotopic (exact) mass is 510 g/mol. The molecule has 0 aromatic rings. The van der Waals surface area contributed by atoms with Crippen LogP contribution in [0.15, 0.2) is 95.8 Å². The molecule has 204 valence electrons. The van der Waals surface area contributed by atoms with Gasteiger partial charge in [-0.3, -0.25) is 0 Å². The second kappa shape index (κ2) is 13.2. The first-order valence-corrected chi connectivity index (χ1v) is 15.6. The van der Waals surface area contributed by atoms with Crippen LogP contribution in [0.5, 0.6) is 0 Å². The molecule has 5 aliphatic rings. The first kappa shape index (κ1) is 27.3. The quantitative estimate of drug-likeness (QED) is 0.241. The number of unbranched alkanes of at least 4 members (excludes halogenated alkanes) is 1. The molecule has 2 heteroatoms. The normalized spacial score (nSPS) is 35.2. The van der Waals surface area contributed by atoms with Gasteiger partial charge in [0.05, 0.1) is 0 Å². The lowest BCUT2D eigenvalue weighted by Gasteiger charge is -2.50. The Morgan fingerprint density at radius 1 is 0.947 bits per heavy atom. The van der Waals surface area contributed by atoms with E-state index >= 15 is 0 Å². The van der Waals surface area contributed by atoms with Crippen molar-refractivity contribution in [3.8, 4) is 0 Å². The summed E-state index contributed by atoms with van der Waals surface area (Å²) in [5.74, 6) is 5.45. The van der Waals surface area contributed by atoms with Crippen LogP contribution in [-0.2, 0) is 0 Å². The zero-order valence-electron chi connectivity index (χ0n) is 23.4. The van der Waals surface area contributed by atoms with Crippen molar-refractivity contribution in [2.75, 3.05) is 6.54 Å². The van der Waals surface area contributed by atoms with Crippen molar-refractivity contribution in [1.29, 1.82) is 0 Å². The van der Waals surface area contributed by atoms with Crippen molar-refractivity contribution < 1.29 is 0 Å². The maximum absolute atomic E-state index is 6.05. The molecule has 5 aliphatic carbocycles. The third-order valence-corrected chi connectivity index (χ3v) is 10.6. The minimum atomic E-state index is 0.559. The van der Waals surface area contributed by atoms with Gasteiger partial charge in [-0.2, -0.15) is 0 Å². The molecule has 2 saturated carbocycles. The minimum Gasteiger partial charge on any atom is -0.405 e. The van der Waals surface area contributed by atoms with Gasteiger partial charge in [-0.1, -0.05) is 80.2 Å². The fourth-order valence-electron chi connectivity index (χ4n) is 8.82. The van der Waals surface area contributed by atoms with E-state index in [1.807, 2.05) is 6.08 Å². The summed E-state index contributed by atoms with van der Waals surface area (Å²) < 4.78 is 0. The van der Waals surface area contributed by atoms with E-state index < -0.39 is 0 Å². The van der Waals surface area contributed by atoms with Crippen LogP contribution in [-0.4, -0.2) is 6.54 Å². The number of rotatable bonds is 9. The highest BCUT2D eigenvalue weighted by molar-refractivity contribution is 5.46. The Labute approximate surface area is 232 Å². The second-order valence-electron chi connectivity index (χ2n) is 12.4. The Kier molecular flexibility index (Phi) is 9.44. The summed E-state index contributed by atoms with van der Waals surface area (Å²) in [4.78, 5) is 0. The highest BCUT2D eigenvalue weighted by Gasteiger charge is 2.45. The molecular weight excluding hydrogens is 460 g/mol. The molecule has 2 nitrogen and oxygen atoms in total. The van der Waals surface area contributed by atoms with E-state index in [0.717, 1.165) is 36.0 Å². The van der Waals surface area contributed by atoms with Crippen LogP contribution in [0.2, 0.25) is 0 Å². The van der Waals surface area contributed by atoms with Gasteiger partial charge in [0.25, 0.3) is 0 Å². The molecule has 5 rings (SSSR count). The third kappa shape index (κ3) is 5.81. The summed E-state index contributed by atoms with van der Waals surface area (Å²) >= 11 is 0. The van der Waals surface area contributed by atoms with Gasteiger partial charge in [-0.15, -0.1) is 0 Å².